The molecule has 3 heterocycles. The number of amidine groups is 1. The second kappa shape index (κ2) is 5.48. The SMILES string of the molecule is Cc1c(C)[n+](Cc2ccc(F)cc2)c2n1C1C(=O)N(C)C(=O)N(C)C1=N2. The first-order chi connectivity index (χ1) is 12.3. The molecule has 4 rings (SSSR count). The van der Waals surface area contributed by atoms with Gasteiger partial charge >= 0.3 is 12.0 Å². The zero-order chi connectivity index (χ0) is 18.7. The van der Waals surface area contributed by atoms with Gasteiger partial charge in [-0.2, -0.15) is 0 Å². The van der Waals surface area contributed by atoms with Gasteiger partial charge in [-0.15, -0.1) is 0 Å². The summed E-state index contributed by atoms with van der Waals surface area (Å²) >= 11 is 0. The molecule has 0 radical (unpaired) electrons. The predicted molar refractivity (Wildman–Crippen MR) is 91.7 cm³/mol. The van der Waals surface area contributed by atoms with Gasteiger partial charge < -0.3 is 0 Å². The molecule has 2 aliphatic rings. The number of rotatable bonds is 2. The van der Waals surface area contributed by atoms with Gasteiger partial charge in [0, 0.05) is 14.1 Å². The van der Waals surface area contributed by atoms with E-state index >= 15 is 0 Å². The molecular formula is C18H19FN5O2+. The number of hydrogen-bond donors (Lipinski definition) is 0. The average molecular weight is 356 g/mol. The molecule has 0 N–H and O–H groups in total. The molecule has 0 spiro atoms. The highest BCUT2D eigenvalue weighted by atomic mass is 19.1. The molecule has 2 aliphatic heterocycles. The lowest BCUT2D eigenvalue weighted by Gasteiger charge is -2.30. The molecule has 2 aromatic rings. The third-order valence-electron chi connectivity index (χ3n) is 5.20. The smallest absolute Gasteiger partial charge is 0.270 e. The number of benzene rings is 1. The van der Waals surface area contributed by atoms with Crippen LogP contribution in [0.3, 0.4) is 0 Å². The Balaban J connectivity index is 1.83. The van der Waals surface area contributed by atoms with Crippen molar-refractivity contribution in [2.24, 2.45) is 4.99 Å². The van der Waals surface area contributed by atoms with Crippen LogP contribution in [0.4, 0.5) is 15.1 Å². The van der Waals surface area contributed by atoms with Crippen LogP contribution < -0.4 is 4.57 Å². The van der Waals surface area contributed by atoms with E-state index in [0.717, 1.165) is 21.9 Å². The van der Waals surface area contributed by atoms with E-state index in [2.05, 4.69) is 4.99 Å². The number of hydrogen-bond acceptors (Lipinski definition) is 3. The first kappa shape index (κ1) is 16.4. The molecule has 26 heavy (non-hydrogen) atoms. The number of aliphatic imine (C=N–C) groups is 1. The van der Waals surface area contributed by atoms with Crippen molar-refractivity contribution in [3.05, 3.63) is 47.0 Å². The number of imide groups is 1. The Labute approximate surface area is 150 Å². The first-order valence-electron chi connectivity index (χ1n) is 8.30. The van der Waals surface area contributed by atoms with Crippen molar-refractivity contribution < 1.29 is 18.5 Å². The molecular weight excluding hydrogens is 337 g/mol. The highest BCUT2D eigenvalue weighted by Crippen LogP contribution is 2.34. The van der Waals surface area contributed by atoms with Crippen molar-refractivity contribution in [1.29, 1.82) is 0 Å². The number of fused-ring (bicyclic) bond motifs is 3. The van der Waals surface area contributed by atoms with Gasteiger partial charge in [0.15, 0.2) is 0 Å². The Hall–Kier alpha value is -3.03. The maximum absolute atomic E-state index is 13.2. The summed E-state index contributed by atoms with van der Waals surface area (Å²) in [5.74, 6) is 0.475. The maximum Gasteiger partial charge on any atom is 0.402 e. The Morgan fingerprint density at radius 2 is 1.77 bits per heavy atom. The fourth-order valence-corrected chi connectivity index (χ4v) is 3.54. The van der Waals surface area contributed by atoms with Gasteiger partial charge in [-0.1, -0.05) is 17.1 Å². The van der Waals surface area contributed by atoms with Gasteiger partial charge in [-0.3, -0.25) is 14.6 Å². The van der Waals surface area contributed by atoms with E-state index in [-0.39, 0.29) is 11.7 Å². The number of halogens is 1. The van der Waals surface area contributed by atoms with Crippen LogP contribution >= 0.6 is 0 Å². The number of carbonyl (C=O) groups excluding carboxylic acids is 2. The fourth-order valence-electron chi connectivity index (χ4n) is 3.54. The molecule has 134 valence electrons. The Kier molecular flexibility index (Phi) is 3.47. The van der Waals surface area contributed by atoms with Crippen LogP contribution in [0.2, 0.25) is 0 Å². The predicted octanol–water partition coefficient (Wildman–Crippen LogP) is 1.69. The van der Waals surface area contributed by atoms with E-state index in [1.807, 2.05) is 23.0 Å². The summed E-state index contributed by atoms with van der Waals surface area (Å²) < 4.78 is 17.0. The molecule has 1 fully saturated rings. The van der Waals surface area contributed by atoms with Gasteiger partial charge in [0.2, 0.25) is 11.9 Å². The molecule has 1 atom stereocenters. The number of likely N-dealkylation sites (N-methyl/N-ethyl adjacent to an activating group) is 2. The van der Waals surface area contributed by atoms with Crippen LogP contribution in [0.5, 0.6) is 0 Å². The molecule has 8 heteroatoms. The summed E-state index contributed by atoms with van der Waals surface area (Å²) in [6.07, 6.45) is 0. The van der Waals surface area contributed by atoms with Gasteiger partial charge in [0.25, 0.3) is 5.91 Å². The zero-order valence-electron chi connectivity index (χ0n) is 15.0. The molecule has 7 nitrogen and oxygen atoms in total. The van der Waals surface area contributed by atoms with E-state index in [4.69, 9.17) is 0 Å². The van der Waals surface area contributed by atoms with Crippen molar-refractivity contribution in [3.63, 3.8) is 0 Å². The van der Waals surface area contributed by atoms with E-state index in [1.165, 1.54) is 24.1 Å². The van der Waals surface area contributed by atoms with Crippen LogP contribution in [-0.4, -0.2) is 46.2 Å². The number of aromatic nitrogens is 2. The average Bonchev–Trinajstić information content (AvgIpc) is 3.12. The maximum atomic E-state index is 13.2. The van der Waals surface area contributed by atoms with Crippen molar-refractivity contribution in [1.82, 2.24) is 14.4 Å². The van der Waals surface area contributed by atoms with Crippen LogP contribution in [0.1, 0.15) is 23.0 Å². The fraction of sp³-hybridized carbons (Fsp3) is 0.333. The number of amides is 3. The molecule has 1 unspecified atom stereocenters. The molecule has 1 saturated heterocycles. The molecule has 0 bridgehead atoms. The zero-order valence-corrected chi connectivity index (χ0v) is 15.0. The van der Waals surface area contributed by atoms with E-state index in [0.29, 0.717) is 18.3 Å². The number of urea groups is 1. The van der Waals surface area contributed by atoms with Gasteiger partial charge in [-0.25, -0.2) is 18.3 Å². The summed E-state index contributed by atoms with van der Waals surface area (Å²) in [6, 6.07) is 5.27. The third kappa shape index (κ3) is 2.11. The Morgan fingerprint density at radius 3 is 2.42 bits per heavy atom. The number of carbonyl (C=O) groups is 2. The van der Waals surface area contributed by atoms with E-state index < -0.39 is 12.1 Å². The second-order valence-corrected chi connectivity index (χ2v) is 6.66. The number of nitrogens with zero attached hydrogens (tertiary/aromatic N) is 5. The molecule has 1 aromatic heterocycles. The topological polar surface area (TPSA) is 61.8 Å². The highest BCUT2D eigenvalue weighted by Gasteiger charge is 2.53. The first-order valence-corrected chi connectivity index (χ1v) is 8.30. The molecule has 1 aromatic carbocycles. The van der Waals surface area contributed by atoms with E-state index in [1.54, 1.807) is 19.2 Å². The summed E-state index contributed by atoms with van der Waals surface area (Å²) in [5.41, 5.74) is 2.81. The standard InChI is InChI=1S/C18H19FN5O2/c1-10-11(2)24-14-15(21(3)18(26)22(4)16(14)25)20-17(24)23(10)9-12-5-7-13(19)8-6-12/h5-8,14H,9H2,1-4H3/q+1. The van der Waals surface area contributed by atoms with Crippen LogP contribution in [0.25, 0.3) is 0 Å². The highest BCUT2D eigenvalue weighted by molar-refractivity contribution is 6.20. The van der Waals surface area contributed by atoms with Crippen molar-refractivity contribution in [3.8, 4) is 0 Å². The van der Waals surface area contributed by atoms with Crippen molar-refractivity contribution in [2.45, 2.75) is 26.4 Å². The summed E-state index contributed by atoms with van der Waals surface area (Å²) in [7, 11) is 3.10. The lowest BCUT2D eigenvalue weighted by Crippen LogP contribution is -2.56. The minimum Gasteiger partial charge on any atom is -0.270 e. The molecule has 0 saturated carbocycles. The Bertz CT molecular complexity index is 976. The summed E-state index contributed by atoms with van der Waals surface area (Å²) in [4.78, 5) is 32.1. The van der Waals surface area contributed by atoms with Crippen molar-refractivity contribution >= 4 is 23.7 Å². The van der Waals surface area contributed by atoms with Crippen LogP contribution in [0.15, 0.2) is 29.3 Å². The van der Waals surface area contributed by atoms with Crippen LogP contribution in [0, 0.1) is 19.7 Å². The van der Waals surface area contributed by atoms with Crippen molar-refractivity contribution in [2.75, 3.05) is 14.1 Å². The lowest BCUT2D eigenvalue weighted by atomic mass is 10.1. The lowest BCUT2D eigenvalue weighted by molar-refractivity contribution is -0.680. The Morgan fingerprint density at radius 1 is 1.12 bits per heavy atom. The van der Waals surface area contributed by atoms with Gasteiger partial charge in [0.1, 0.15) is 17.2 Å². The minimum atomic E-state index is -0.633. The van der Waals surface area contributed by atoms with Gasteiger partial charge in [0.05, 0.1) is 6.54 Å². The normalized spacial score (nSPS) is 19.0. The van der Waals surface area contributed by atoms with E-state index in [9.17, 15) is 14.0 Å². The quantitative estimate of drug-likeness (QED) is 0.769. The minimum absolute atomic E-state index is 0.284. The largest absolute Gasteiger partial charge is 0.402 e. The van der Waals surface area contributed by atoms with Crippen LogP contribution in [-0.2, 0) is 11.3 Å². The third-order valence-corrected chi connectivity index (χ3v) is 5.20. The number of imidazole rings is 1. The van der Waals surface area contributed by atoms with Gasteiger partial charge in [-0.05, 0) is 31.5 Å². The summed E-state index contributed by atoms with van der Waals surface area (Å²) in [6.45, 7) is 4.40. The summed E-state index contributed by atoms with van der Waals surface area (Å²) in [5, 5.41) is 0. The molecule has 3 amide bonds. The molecule has 0 aliphatic carbocycles. The second-order valence-electron chi connectivity index (χ2n) is 6.66. The monoisotopic (exact) mass is 356 g/mol.